The molecule has 122 valence electrons. The van der Waals surface area contributed by atoms with Crippen LogP contribution >= 0.6 is 12.4 Å². The number of fused-ring (bicyclic) bond motifs is 1. The lowest BCUT2D eigenvalue weighted by atomic mass is 10.0. The lowest BCUT2D eigenvalue weighted by molar-refractivity contribution is -0.120. The summed E-state index contributed by atoms with van der Waals surface area (Å²) < 4.78 is 0. The molecule has 0 saturated heterocycles. The standard InChI is InChI=1S/C17H25N3O.ClH/c1-19(16(11-18)14-8-9-14)12-17(21)20-10-4-6-13-5-2-3-7-15(13)20;/h2-3,5,7,14,16H,4,6,8-12,18H2,1H3;1H. The van der Waals surface area contributed by atoms with Gasteiger partial charge >= 0.3 is 0 Å². The molecule has 2 N–H and O–H groups in total. The molecule has 5 heteroatoms. The van der Waals surface area contributed by atoms with Gasteiger partial charge in [0.15, 0.2) is 0 Å². The van der Waals surface area contributed by atoms with Crippen molar-refractivity contribution in [2.45, 2.75) is 31.7 Å². The fraction of sp³-hybridized carbons (Fsp3) is 0.588. The SMILES string of the molecule is CN(CC(=O)N1CCCc2ccccc21)C(CN)C1CC1.Cl. The summed E-state index contributed by atoms with van der Waals surface area (Å²) in [6.07, 6.45) is 4.64. The van der Waals surface area contributed by atoms with E-state index in [2.05, 4.69) is 23.1 Å². The first kappa shape index (κ1) is 17.3. The van der Waals surface area contributed by atoms with Gasteiger partial charge in [0.05, 0.1) is 6.54 Å². The van der Waals surface area contributed by atoms with Gasteiger partial charge in [-0.25, -0.2) is 0 Å². The van der Waals surface area contributed by atoms with Crippen LogP contribution in [0.15, 0.2) is 24.3 Å². The molecular weight excluding hydrogens is 298 g/mol. The molecule has 1 fully saturated rings. The maximum absolute atomic E-state index is 12.7. The number of nitrogens with zero attached hydrogens (tertiary/aromatic N) is 2. The first-order valence-corrected chi connectivity index (χ1v) is 7.99. The van der Waals surface area contributed by atoms with Crippen LogP contribution in [0.25, 0.3) is 0 Å². The van der Waals surface area contributed by atoms with Crippen molar-refractivity contribution in [2.24, 2.45) is 11.7 Å². The normalized spacial score (nSPS) is 18.6. The Balaban J connectivity index is 0.00000176. The lowest BCUT2D eigenvalue weighted by Gasteiger charge is -2.33. The monoisotopic (exact) mass is 323 g/mol. The number of likely N-dealkylation sites (N-methyl/N-ethyl adjacent to an activating group) is 1. The van der Waals surface area contributed by atoms with Gasteiger partial charge in [0.1, 0.15) is 0 Å². The molecule has 2 aliphatic rings. The number of aryl methyl sites for hydroxylation is 1. The van der Waals surface area contributed by atoms with Gasteiger partial charge in [0.2, 0.25) is 5.91 Å². The molecule has 1 heterocycles. The molecule has 0 spiro atoms. The van der Waals surface area contributed by atoms with Crippen LogP contribution in [0.4, 0.5) is 5.69 Å². The lowest BCUT2D eigenvalue weighted by Crippen LogP contribution is -2.47. The Morgan fingerprint density at radius 2 is 2.14 bits per heavy atom. The van der Waals surface area contributed by atoms with E-state index in [1.165, 1.54) is 18.4 Å². The highest BCUT2D eigenvalue weighted by atomic mass is 35.5. The maximum Gasteiger partial charge on any atom is 0.241 e. The van der Waals surface area contributed by atoms with Gasteiger partial charge in [-0.05, 0) is 50.3 Å². The Morgan fingerprint density at radius 1 is 1.41 bits per heavy atom. The Morgan fingerprint density at radius 3 is 2.82 bits per heavy atom. The van der Waals surface area contributed by atoms with E-state index >= 15 is 0 Å². The van der Waals surface area contributed by atoms with Gasteiger partial charge in [0, 0.05) is 24.8 Å². The topological polar surface area (TPSA) is 49.6 Å². The number of nitrogens with two attached hydrogens (primary N) is 1. The average molecular weight is 324 g/mol. The van der Waals surface area contributed by atoms with Crippen molar-refractivity contribution in [2.75, 3.05) is 31.6 Å². The van der Waals surface area contributed by atoms with Crippen LogP contribution in [0, 0.1) is 5.92 Å². The molecule has 1 amide bonds. The van der Waals surface area contributed by atoms with Crippen molar-refractivity contribution in [3.63, 3.8) is 0 Å². The summed E-state index contributed by atoms with van der Waals surface area (Å²) in [7, 11) is 2.03. The van der Waals surface area contributed by atoms with E-state index in [-0.39, 0.29) is 18.3 Å². The third-order valence-electron chi connectivity index (χ3n) is 4.77. The second-order valence-electron chi connectivity index (χ2n) is 6.33. The number of para-hydroxylation sites is 1. The highest BCUT2D eigenvalue weighted by Gasteiger charge is 2.34. The number of anilines is 1. The highest BCUT2D eigenvalue weighted by Crippen LogP contribution is 2.34. The number of carbonyl (C=O) groups is 1. The summed E-state index contributed by atoms with van der Waals surface area (Å²) in [5.74, 6) is 0.894. The van der Waals surface area contributed by atoms with Crippen molar-refractivity contribution >= 4 is 24.0 Å². The van der Waals surface area contributed by atoms with Gasteiger partial charge in [-0.3, -0.25) is 9.69 Å². The number of carbonyl (C=O) groups excluding carboxylic acids is 1. The van der Waals surface area contributed by atoms with Crippen LogP contribution in [0.3, 0.4) is 0 Å². The molecule has 4 nitrogen and oxygen atoms in total. The van der Waals surface area contributed by atoms with Crippen LogP contribution < -0.4 is 10.6 Å². The molecule has 3 rings (SSSR count). The molecule has 1 aromatic rings. The summed E-state index contributed by atoms with van der Waals surface area (Å²) in [5.41, 5.74) is 8.26. The van der Waals surface area contributed by atoms with Crippen molar-refractivity contribution in [1.29, 1.82) is 0 Å². The van der Waals surface area contributed by atoms with Gasteiger partial charge in [-0.2, -0.15) is 0 Å². The van der Waals surface area contributed by atoms with E-state index < -0.39 is 0 Å². The number of benzene rings is 1. The minimum absolute atomic E-state index is 0. The van der Waals surface area contributed by atoms with Gasteiger partial charge in [-0.1, -0.05) is 18.2 Å². The molecule has 0 aromatic heterocycles. The minimum Gasteiger partial charge on any atom is -0.329 e. The van der Waals surface area contributed by atoms with Crippen molar-refractivity contribution in [1.82, 2.24) is 4.90 Å². The molecule has 0 radical (unpaired) electrons. The van der Waals surface area contributed by atoms with Gasteiger partial charge < -0.3 is 10.6 Å². The maximum atomic E-state index is 12.7. The molecule has 22 heavy (non-hydrogen) atoms. The molecule has 0 bridgehead atoms. The third kappa shape index (κ3) is 3.62. The second kappa shape index (κ2) is 7.44. The minimum atomic E-state index is 0. The second-order valence-corrected chi connectivity index (χ2v) is 6.33. The number of hydrogen-bond donors (Lipinski definition) is 1. The Labute approximate surface area is 139 Å². The quantitative estimate of drug-likeness (QED) is 0.902. The first-order chi connectivity index (χ1) is 10.2. The average Bonchev–Trinajstić information content (AvgIpc) is 3.32. The van der Waals surface area contributed by atoms with E-state index in [1.54, 1.807) is 0 Å². The predicted octanol–water partition coefficient (Wildman–Crippen LogP) is 2.06. The summed E-state index contributed by atoms with van der Waals surface area (Å²) in [5, 5.41) is 0. The Hall–Kier alpha value is -1.10. The zero-order valence-electron chi connectivity index (χ0n) is 13.2. The van der Waals surface area contributed by atoms with Crippen LogP contribution in [0.5, 0.6) is 0 Å². The van der Waals surface area contributed by atoms with Crippen LogP contribution in [0.1, 0.15) is 24.8 Å². The number of hydrogen-bond acceptors (Lipinski definition) is 3. The summed E-state index contributed by atoms with van der Waals surface area (Å²) >= 11 is 0. The third-order valence-corrected chi connectivity index (χ3v) is 4.77. The summed E-state index contributed by atoms with van der Waals surface area (Å²) in [6.45, 7) is 1.94. The zero-order valence-corrected chi connectivity index (χ0v) is 14.0. The van der Waals surface area contributed by atoms with E-state index in [0.29, 0.717) is 25.0 Å². The predicted molar refractivity (Wildman–Crippen MR) is 92.6 cm³/mol. The number of amides is 1. The van der Waals surface area contributed by atoms with Crippen LogP contribution in [-0.4, -0.2) is 43.5 Å². The molecule has 1 saturated carbocycles. The smallest absolute Gasteiger partial charge is 0.241 e. The summed E-state index contributed by atoms with van der Waals surface area (Å²) in [4.78, 5) is 16.8. The van der Waals surface area contributed by atoms with Gasteiger partial charge in [0.25, 0.3) is 0 Å². The number of halogens is 1. The van der Waals surface area contributed by atoms with E-state index in [4.69, 9.17) is 5.73 Å². The van der Waals surface area contributed by atoms with Gasteiger partial charge in [-0.15, -0.1) is 12.4 Å². The fourth-order valence-corrected chi connectivity index (χ4v) is 3.42. The highest BCUT2D eigenvalue weighted by molar-refractivity contribution is 5.95. The van der Waals surface area contributed by atoms with Crippen LogP contribution in [0.2, 0.25) is 0 Å². The summed E-state index contributed by atoms with van der Waals surface area (Å²) in [6, 6.07) is 8.62. The zero-order chi connectivity index (χ0) is 14.8. The largest absolute Gasteiger partial charge is 0.329 e. The molecular formula is C17H26ClN3O. The first-order valence-electron chi connectivity index (χ1n) is 7.99. The van der Waals surface area contributed by atoms with Crippen molar-refractivity contribution < 1.29 is 4.79 Å². The molecule has 1 aliphatic carbocycles. The molecule has 1 aromatic carbocycles. The van der Waals surface area contributed by atoms with Crippen molar-refractivity contribution in [3.05, 3.63) is 29.8 Å². The molecule has 1 aliphatic heterocycles. The van der Waals surface area contributed by atoms with E-state index in [9.17, 15) is 4.79 Å². The van der Waals surface area contributed by atoms with E-state index in [1.807, 2.05) is 18.0 Å². The number of rotatable bonds is 5. The Bertz CT molecular complexity index is 518. The fourth-order valence-electron chi connectivity index (χ4n) is 3.42. The van der Waals surface area contributed by atoms with E-state index in [0.717, 1.165) is 25.1 Å². The molecule has 1 atom stereocenters. The van der Waals surface area contributed by atoms with Crippen LogP contribution in [-0.2, 0) is 11.2 Å². The molecule has 1 unspecified atom stereocenters. The van der Waals surface area contributed by atoms with Crippen molar-refractivity contribution in [3.8, 4) is 0 Å². The Kier molecular flexibility index (Phi) is 5.84.